The Morgan fingerprint density at radius 2 is 2.22 bits per heavy atom. The van der Waals surface area contributed by atoms with Crippen LogP contribution in [0.15, 0.2) is 24.3 Å². The molecule has 0 fully saturated rings. The van der Waals surface area contributed by atoms with Crippen LogP contribution in [0.5, 0.6) is 0 Å². The molecule has 18 heavy (non-hydrogen) atoms. The lowest BCUT2D eigenvalue weighted by molar-refractivity contribution is -0.120. The number of nitrogens with two attached hydrogens (primary N) is 1. The molecule has 1 aromatic carbocycles. The zero-order valence-corrected chi connectivity index (χ0v) is 11.6. The molecule has 0 aliphatic rings. The molecule has 0 aliphatic carbocycles. The van der Waals surface area contributed by atoms with Crippen LogP contribution in [-0.2, 0) is 11.3 Å². The van der Waals surface area contributed by atoms with E-state index in [-0.39, 0.29) is 5.91 Å². The Balaban J connectivity index is 2.53. The Morgan fingerprint density at radius 1 is 1.50 bits per heavy atom. The number of amides is 1. The van der Waals surface area contributed by atoms with Crippen molar-refractivity contribution in [3.63, 3.8) is 0 Å². The molecule has 0 bridgehead atoms. The van der Waals surface area contributed by atoms with Gasteiger partial charge in [0.15, 0.2) is 0 Å². The third-order valence-corrected chi connectivity index (χ3v) is 2.90. The van der Waals surface area contributed by atoms with E-state index in [2.05, 4.69) is 10.2 Å². The third-order valence-electron chi connectivity index (χ3n) is 2.66. The molecular weight excluding hydrogens is 246 g/mol. The highest BCUT2D eigenvalue weighted by Crippen LogP contribution is 2.08. The number of carbonyl (C=O) groups excluding carboxylic acids is 1. The molecule has 0 heterocycles. The number of rotatable bonds is 6. The van der Waals surface area contributed by atoms with Gasteiger partial charge in [0.05, 0.1) is 0 Å². The van der Waals surface area contributed by atoms with Gasteiger partial charge in [-0.05, 0) is 18.7 Å². The van der Waals surface area contributed by atoms with E-state index in [0.29, 0.717) is 11.4 Å². The number of hydrogen-bond acceptors (Lipinski definition) is 3. The van der Waals surface area contributed by atoms with Gasteiger partial charge in [-0.2, -0.15) is 0 Å². The molecule has 0 radical (unpaired) electrons. The smallest absolute Gasteiger partial charge is 0.221 e. The Hall–Kier alpha value is -1.46. The van der Waals surface area contributed by atoms with E-state index < -0.39 is 0 Å². The van der Waals surface area contributed by atoms with Gasteiger partial charge in [-0.15, -0.1) is 0 Å². The lowest BCUT2D eigenvalue weighted by Crippen LogP contribution is -2.26. The first-order chi connectivity index (χ1) is 8.52. The minimum atomic E-state index is 0.0544. The quantitative estimate of drug-likeness (QED) is 0.750. The molecule has 0 saturated carbocycles. The van der Waals surface area contributed by atoms with Crippen molar-refractivity contribution < 1.29 is 4.79 Å². The van der Waals surface area contributed by atoms with Crippen molar-refractivity contribution in [2.24, 2.45) is 5.73 Å². The molecule has 3 N–H and O–H groups in total. The maximum atomic E-state index is 11.1. The summed E-state index contributed by atoms with van der Waals surface area (Å²) in [6.07, 6.45) is 0.502. The topological polar surface area (TPSA) is 58.4 Å². The fraction of sp³-hybridized carbons (Fsp3) is 0.385. The minimum Gasteiger partial charge on any atom is -0.389 e. The number of hydrogen-bond donors (Lipinski definition) is 2. The highest BCUT2D eigenvalue weighted by molar-refractivity contribution is 7.80. The predicted molar refractivity (Wildman–Crippen MR) is 77.3 cm³/mol. The molecule has 1 rings (SSSR count). The Kier molecular flexibility index (Phi) is 5.74. The number of benzene rings is 1. The third kappa shape index (κ3) is 4.81. The van der Waals surface area contributed by atoms with Gasteiger partial charge in [-0.1, -0.05) is 30.4 Å². The van der Waals surface area contributed by atoms with E-state index >= 15 is 0 Å². The van der Waals surface area contributed by atoms with E-state index in [1.54, 1.807) is 7.05 Å². The van der Waals surface area contributed by atoms with Crippen LogP contribution in [0.1, 0.15) is 17.5 Å². The summed E-state index contributed by atoms with van der Waals surface area (Å²) in [5.41, 5.74) is 7.61. The van der Waals surface area contributed by atoms with Gasteiger partial charge >= 0.3 is 0 Å². The number of nitrogens with one attached hydrogen (secondary N) is 1. The Labute approximate surface area is 113 Å². The summed E-state index contributed by atoms with van der Waals surface area (Å²) in [7, 11) is 3.63. The van der Waals surface area contributed by atoms with E-state index in [9.17, 15) is 4.79 Å². The van der Waals surface area contributed by atoms with Crippen molar-refractivity contribution in [1.82, 2.24) is 10.2 Å². The van der Waals surface area contributed by atoms with E-state index in [1.165, 1.54) is 0 Å². The van der Waals surface area contributed by atoms with E-state index in [4.69, 9.17) is 18.0 Å². The molecule has 0 aliphatic heterocycles. The zero-order chi connectivity index (χ0) is 13.5. The van der Waals surface area contributed by atoms with Crippen molar-refractivity contribution >= 4 is 23.1 Å². The maximum Gasteiger partial charge on any atom is 0.221 e. The van der Waals surface area contributed by atoms with Gasteiger partial charge < -0.3 is 16.0 Å². The molecule has 0 atom stereocenters. The van der Waals surface area contributed by atoms with Crippen LogP contribution in [0, 0.1) is 0 Å². The van der Waals surface area contributed by atoms with Gasteiger partial charge in [0.1, 0.15) is 4.99 Å². The van der Waals surface area contributed by atoms with Crippen LogP contribution in [0.2, 0.25) is 0 Å². The fourth-order valence-electron chi connectivity index (χ4n) is 1.63. The Bertz CT molecular complexity index is 434. The highest BCUT2D eigenvalue weighted by atomic mass is 32.1. The zero-order valence-electron chi connectivity index (χ0n) is 10.8. The van der Waals surface area contributed by atoms with Gasteiger partial charge in [-0.3, -0.25) is 4.79 Å². The lowest BCUT2D eigenvalue weighted by Gasteiger charge is -2.16. The summed E-state index contributed by atoms with van der Waals surface area (Å²) >= 11 is 4.95. The maximum absolute atomic E-state index is 11.1. The first-order valence-electron chi connectivity index (χ1n) is 5.81. The molecule has 1 amide bonds. The second kappa shape index (κ2) is 7.08. The van der Waals surface area contributed by atoms with Crippen LogP contribution < -0.4 is 11.1 Å². The fourth-order valence-corrected chi connectivity index (χ4v) is 1.76. The summed E-state index contributed by atoms with van der Waals surface area (Å²) in [5.74, 6) is 0.0544. The largest absolute Gasteiger partial charge is 0.389 e. The van der Waals surface area contributed by atoms with Crippen LogP contribution in [-0.4, -0.2) is 36.4 Å². The van der Waals surface area contributed by atoms with Crippen molar-refractivity contribution in [1.29, 1.82) is 0 Å². The van der Waals surface area contributed by atoms with Crippen molar-refractivity contribution in [3.05, 3.63) is 35.4 Å². The van der Waals surface area contributed by atoms with Crippen LogP contribution in [0.3, 0.4) is 0 Å². The van der Waals surface area contributed by atoms with Crippen molar-refractivity contribution in [3.8, 4) is 0 Å². The lowest BCUT2D eigenvalue weighted by atomic mass is 10.1. The van der Waals surface area contributed by atoms with Crippen LogP contribution in [0.4, 0.5) is 0 Å². The molecule has 0 spiro atoms. The molecule has 0 aromatic heterocycles. The normalized spacial score (nSPS) is 10.4. The summed E-state index contributed by atoms with van der Waals surface area (Å²) in [5, 5.41) is 2.61. The average molecular weight is 265 g/mol. The van der Waals surface area contributed by atoms with Crippen molar-refractivity contribution in [2.45, 2.75) is 13.0 Å². The molecule has 5 heteroatoms. The van der Waals surface area contributed by atoms with Gasteiger partial charge in [0, 0.05) is 32.1 Å². The minimum absolute atomic E-state index is 0.0544. The summed E-state index contributed by atoms with van der Waals surface area (Å²) in [4.78, 5) is 13.6. The van der Waals surface area contributed by atoms with Crippen molar-refractivity contribution in [2.75, 3.05) is 20.6 Å². The van der Waals surface area contributed by atoms with Crippen LogP contribution in [0.25, 0.3) is 0 Å². The van der Waals surface area contributed by atoms with E-state index in [0.717, 1.165) is 24.2 Å². The van der Waals surface area contributed by atoms with Gasteiger partial charge in [-0.25, -0.2) is 0 Å². The molecule has 98 valence electrons. The summed E-state index contributed by atoms with van der Waals surface area (Å²) in [6, 6.07) is 7.85. The summed E-state index contributed by atoms with van der Waals surface area (Å²) < 4.78 is 0. The molecule has 0 unspecified atom stereocenters. The van der Waals surface area contributed by atoms with Crippen LogP contribution >= 0.6 is 12.2 Å². The molecule has 0 saturated heterocycles. The predicted octanol–water partition coefficient (Wildman–Crippen LogP) is 0.889. The highest BCUT2D eigenvalue weighted by Gasteiger charge is 2.05. The number of nitrogens with zero attached hydrogens (tertiary/aromatic N) is 1. The van der Waals surface area contributed by atoms with E-state index in [1.807, 2.05) is 31.3 Å². The second-order valence-electron chi connectivity index (χ2n) is 4.23. The first kappa shape index (κ1) is 14.6. The molecule has 4 nitrogen and oxygen atoms in total. The molecule has 1 aromatic rings. The SMILES string of the molecule is CNC(=O)CCN(C)Cc1cccc(C(N)=S)c1. The first-order valence-corrected chi connectivity index (χ1v) is 6.21. The summed E-state index contributed by atoms with van der Waals surface area (Å²) in [6.45, 7) is 1.49. The average Bonchev–Trinajstić information content (AvgIpc) is 2.36. The molecular formula is C13H19N3OS. The Morgan fingerprint density at radius 3 is 2.83 bits per heavy atom. The standard InChI is InChI=1S/C13H19N3OS/c1-15-12(17)6-7-16(2)9-10-4-3-5-11(8-10)13(14)18/h3-5,8H,6-7,9H2,1-2H3,(H2,14,18)(H,15,17). The monoisotopic (exact) mass is 265 g/mol. The number of thiocarbonyl (C=S) groups is 1. The van der Waals surface area contributed by atoms with Gasteiger partial charge in [0.2, 0.25) is 5.91 Å². The number of carbonyl (C=O) groups is 1. The van der Waals surface area contributed by atoms with Gasteiger partial charge in [0.25, 0.3) is 0 Å². The second-order valence-corrected chi connectivity index (χ2v) is 4.67.